The van der Waals surface area contributed by atoms with E-state index >= 15 is 0 Å². The van der Waals surface area contributed by atoms with Crippen LogP contribution in [0.15, 0.2) is 54.3 Å². The second kappa shape index (κ2) is 5.12. The van der Waals surface area contributed by atoms with E-state index in [4.69, 9.17) is 5.73 Å². The maximum absolute atomic E-state index is 6.06. The molecule has 0 radical (unpaired) electrons. The lowest BCUT2D eigenvalue weighted by atomic mass is 9.84. The van der Waals surface area contributed by atoms with Gasteiger partial charge in [0.05, 0.1) is 5.54 Å². The molecule has 2 nitrogen and oxygen atoms in total. The Kier molecular flexibility index (Phi) is 3.33. The molecule has 0 amide bonds. The Morgan fingerprint density at radius 1 is 1.21 bits per heavy atom. The molecule has 1 aromatic carbocycles. The quantitative estimate of drug-likeness (QED) is 0.838. The highest BCUT2D eigenvalue weighted by atomic mass is 15.0. The average molecular weight is 254 g/mol. The van der Waals surface area contributed by atoms with Crippen molar-refractivity contribution in [1.29, 1.82) is 0 Å². The summed E-state index contributed by atoms with van der Waals surface area (Å²) in [6.45, 7) is 0. The maximum Gasteiger partial charge on any atom is 0.0613 e. The molecule has 1 fully saturated rings. The smallest absolute Gasteiger partial charge is 0.0613 e. The van der Waals surface area contributed by atoms with Gasteiger partial charge in [-0.25, -0.2) is 0 Å². The summed E-state index contributed by atoms with van der Waals surface area (Å²) in [7, 11) is 0. The lowest BCUT2D eigenvalue weighted by molar-refractivity contribution is 0.476. The number of hydrogen-bond acceptors (Lipinski definition) is 2. The molecule has 3 rings (SSSR count). The van der Waals surface area contributed by atoms with Crippen molar-refractivity contribution in [2.75, 3.05) is 5.32 Å². The van der Waals surface area contributed by atoms with E-state index in [2.05, 4.69) is 41.7 Å². The van der Waals surface area contributed by atoms with Crippen molar-refractivity contribution in [2.45, 2.75) is 37.6 Å². The zero-order valence-electron chi connectivity index (χ0n) is 11.3. The van der Waals surface area contributed by atoms with Crippen molar-refractivity contribution in [3.8, 4) is 0 Å². The monoisotopic (exact) mass is 254 g/mol. The summed E-state index contributed by atoms with van der Waals surface area (Å²) in [5.74, 6) is 0.954. The Balaban J connectivity index is 1.75. The molecule has 19 heavy (non-hydrogen) atoms. The SMILES string of the molecule is NC1=CC=CC(CCC2CC2)(Nc2ccccc2)C1. The summed E-state index contributed by atoms with van der Waals surface area (Å²) in [6.07, 6.45) is 12.6. The average Bonchev–Trinajstić information content (AvgIpc) is 3.22. The maximum atomic E-state index is 6.06. The zero-order valence-corrected chi connectivity index (χ0v) is 11.3. The molecule has 1 aromatic rings. The molecule has 0 aliphatic heterocycles. The van der Waals surface area contributed by atoms with Crippen molar-refractivity contribution in [3.63, 3.8) is 0 Å². The van der Waals surface area contributed by atoms with E-state index < -0.39 is 0 Å². The predicted molar refractivity (Wildman–Crippen MR) is 80.8 cm³/mol. The molecule has 3 N–H and O–H groups in total. The predicted octanol–water partition coefficient (Wildman–Crippen LogP) is 3.83. The van der Waals surface area contributed by atoms with Gasteiger partial charge in [-0.1, -0.05) is 43.2 Å². The molecular formula is C17H22N2. The first kappa shape index (κ1) is 12.3. The van der Waals surface area contributed by atoms with Crippen LogP contribution >= 0.6 is 0 Å². The van der Waals surface area contributed by atoms with E-state index in [-0.39, 0.29) is 5.54 Å². The van der Waals surface area contributed by atoms with Crippen LogP contribution in [0.4, 0.5) is 5.69 Å². The molecule has 2 heteroatoms. The third-order valence-electron chi connectivity index (χ3n) is 4.11. The van der Waals surface area contributed by atoms with E-state index in [9.17, 15) is 0 Å². The summed E-state index contributed by atoms with van der Waals surface area (Å²) < 4.78 is 0. The van der Waals surface area contributed by atoms with Gasteiger partial charge in [-0.15, -0.1) is 0 Å². The van der Waals surface area contributed by atoms with Crippen LogP contribution in [0.3, 0.4) is 0 Å². The van der Waals surface area contributed by atoms with E-state index in [0.29, 0.717) is 0 Å². The Morgan fingerprint density at radius 3 is 2.68 bits per heavy atom. The van der Waals surface area contributed by atoms with Crippen LogP contribution in [0.25, 0.3) is 0 Å². The van der Waals surface area contributed by atoms with Crippen LogP contribution in [-0.4, -0.2) is 5.54 Å². The van der Waals surface area contributed by atoms with Crippen molar-refractivity contribution in [1.82, 2.24) is 0 Å². The molecule has 1 unspecified atom stereocenters. The fourth-order valence-electron chi connectivity index (χ4n) is 2.84. The molecular weight excluding hydrogens is 232 g/mol. The Hall–Kier alpha value is -1.70. The second-order valence-corrected chi connectivity index (χ2v) is 5.91. The lowest BCUT2D eigenvalue weighted by Crippen LogP contribution is -2.39. The van der Waals surface area contributed by atoms with Crippen LogP contribution in [-0.2, 0) is 0 Å². The number of rotatable bonds is 5. The Morgan fingerprint density at radius 2 is 2.00 bits per heavy atom. The number of para-hydroxylation sites is 1. The Bertz CT molecular complexity index is 485. The first-order valence-electron chi connectivity index (χ1n) is 7.23. The zero-order chi connectivity index (χ0) is 13.1. The van der Waals surface area contributed by atoms with Crippen molar-refractivity contribution >= 4 is 5.69 Å². The summed E-state index contributed by atoms with van der Waals surface area (Å²) in [6, 6.07) is 10.4. The van der Waals surface area contributed by atoms with Gasteiger partial charge in [0.25, 0.3) is 0 Å². The van der Waals surface area contributed by atoms with Crippen molar-refractivity contribution in [2.24, 2.45) is 11.7 Å². The van der Waals surface area contributed by atoms with Crippen molar-refractivity contribution < 1.29 is 0 Å². The highest BCUT2D eigenvalue weighted by Crippen LogP contribution is 2.38. The molecule has 2 aliphatic carbocycles. The fourth-order valence-corrected chi connectivity index (χ4v) is 2.84. The number of hydrogen-bond donors (Lipinski definition) is 2. The van der Waals surface area contributed by atoms with Gasteiger partial charge in [-0.05, 0) is 37.0 Å². The molecule has 1 saturated carbocycles. The molecule has 0 heterocycles. The van der Waals surface area contributed by atoms with Crippen LogP contribution < -0.4 is 11.1 Å². The number of allylic oxidation sites excluding steroid dienone is 2. The minimum absolute atomic E-state index is 0.00275. The normalized spacial score (nSPS) is 26.0. The van der Waals surface area contributed by atoms with Crippen LogP contribution in [0.1, 0.15) is 32.1 Å². The third kappa shape index (κ3) is 3.19. The molecule has 0 spiro atoms. The summed E-state index contributed by atoms with van der Waals surface area (Å²) in [5.41, 5.74) is 8.21. The second-order valence-electron chi connectivity index (χ2n) is 5.91. The van der Waals surface area contributed by atoms with Gasteiger partial charge < -0.3 is 11.1 Å². The van der Waals surface area contributed by atoms with Gasteiger partial charge in [-0.2, -0.15) is 0 Å². The molecule has 100 valence electrons. The minimum Gasteiger partial charge on any atom is -0.402 e. The van der Waals surface area contributed by atoms with E-state index in [1.165, 1.54) is 24.9 Å². The summed E-state index contributed by atoms with van der Waals surface area (Å²) in [5, 5.41) is 3.70. The van der Waals surface area contributed by atoms with Gasteiger partial charge in [0, 0.05) is 17.8 Å². The molecule has 2 aliphatic rings. The third-order valence-corrected chi connectivity index (χ3v) is 4.11. The molecule has 0 saturated heterocycles. The number of benzene rings is 1. The number of anilines is 1. The molecule has 0 aromatic heterocycles. The highest BCUT2D eigenvalue weighted by molar-refractivity contribution is 5.48. The summed E-state index contributed by atoms with van der Waals surface area (Å²) in [4.78, 5) is 0. The van der Waals surface area contributed by atoms with Gasteiger partial charge in [-0.3, -0.25) is 0 Å². The van der Waals surface area contributed by atoms with Crippen LogP contribution in [0, 0.1) is 5.92 Å². The largest absolute Gasteiger partial charge is 0.402 e. The van der Waals surface area contributed by atoms with Crippen molar-refractivity contribution in [3.05, 3.63) is 54.3 Å². The molecule has 1 atom stereocenters. The van der Waals surface area contributed by atoms with E-state index in [1.54, 1.807) is 0 Å². The topological polar surface area (TPSA) is 38.0 Å². The van der Waals surface area contributed by atoms with Gasteiger partial charge >= 0.3 is 0 Å². The van der Waals surface area contributed by atoms with Crippen LogP contribution in [0.5, 0.6) is 0 Å². The standard InChI is InChI=1S/C17H22N2/c18-15-5-4-11-17(13-15,12-10-14-8-9-14)19-16-6-2-1-3-7-16/h1-7,11,14,19H,8-10,12-13,18H2. The van der Waals surface area contributed by atoms with Gasteiger partial charge in [0.1, 0.15) is 0 Å². The van der Waals surface area contributed by atoms with E-state index in [1.807, 2.05) is 12.1 Å². The first-order valence-corrected chi connectivity index (χ1v) is 7.23. The Labute approximate surface area is 115 Å². The van der Waals surface area contributed by atoms with E-state index in [0.717, 1.165) is 24.5 Å². The fraction of sp³-hybridized carbons (Fsp3) is 0.412. The molecule has 0 bridgehead atoms. The minimum atomic E-state index is 0.00275. The highest BCUT2D eigenvalue weighted by Gasteiger charge is 2.32. The number of nitrogens with two attached hydrogens (primary N) is 1. The first-order chi connectivity index (χ1) is 9.26. The van der Waals surface area contributed by atoms with Gasteiger partial charge in [0.15, 0.2) is 0 Å². The summed E-state index contributed by atoms with van der Waals surface area (Å²) >= 11 is 0. The van der Waals surface area contributed by atoms with Crippen LogP contribution in [0.2, 0.25) is 0 Å². The number of nitrogens with one attached hydrogen (secondary N) is 1. The lowest BCUT2D eigenvalue weighted by Gasteiger charge is -2.35. The van der Waals surface area contributed by atoms with Gasteiger partial charge in [0.2, 0.25) is 0 Å².